The fourth-order valence-corrected chi connectivity index (χ4v) is 3.08. The monoisotopic (exact) mass is 366 g/mol. The van der Waals surface area contributed by atoms with E-state index >= 15 is 0 Å². The van der Waals surface area contributed by atoms with Gasteiger partial charge in [-0.1, -0.05) is 23.4 Å². The predicted molar refractivity (Wildman–Crippen MR) is 97.8 cm³/mol. The van der Waals surface area contributed by atoms with Gasteiger partial charge in [-0.15, -0.1) is 5.10 Å². The fraction of sp³-hybridized carbons (Fsp3) is 0.250. The molecule has 3 aromatic rings. The standard InChI is InChI=1S/C20H19FN4O2/c1-12-3-8-16(9-13(12)2)22-20(26)19-17-11-27-18(10-25(17)24-23-19)14-4-6-15(21)7-5-14/h3-9,18H,10-11H2,1-2H3,(H,22,26)/t18-/m0/s1. The highest BCUT2D eigenvalue weighted by molar-refractivity contribution is 6.03. The number of benzene rings is 2. The summed E-state index contributed by atoms with van der Waals surface area (Å²) < 4.78 is 20.6. The normalized spacial score (nSPS) is 16.0. The van der Waals surface area contributed by atoms with Crippen LogP contribution in [0.25, 0.3) is 0 Å². The van der Waals surface area contributed by atoms with Gasteiger partial charge in [0.25, 0.3) is 5.91 Å². The molecule has 1 amide bonds. The fourth-order valence-electron chi connectivity index (χ4n) is 3.08. The predicted octanol–water partition coefficient (Wildman–Crippen LogP) is 3.56. The van der Waals surface area contributed by atoms with Gasteiger partial charge in [-0.05, 0) is 54.8 Å². The molecule has 1 aliphatic rings. The molecule has 1 atom stereocenters. The average Bonchev–Trinajstić information content (AvgIpc) is 3.08. The van der Waals surface area contributed by atoms with Gasteiger partial charge in [-0.2, -0.15) is 0 Å². The van der Waals surface area contributed by atoms with Gasteiger partial charge in [-0.3, -0.25) is 4.79 Å². The van der Waals surface area contributed by atoms with Crippen LogP contribution in [-0.4, -0.2) is 20.9 Å². The summed E-state index contributed by atoms with van der Waals surface area (Å²) in [5.41, 5.74) is 4.72. The second-order valence-electron chi connectivity index (χ2n) is 6.67. The lowest BCUT2D eigenvalue weighted by atomic mass is 10.1. The summed E-state index contributed by atoms with van der Waals surface area (Å²) in [6.07, 6.45) is -0.254. The molecule has 0 unspecified atom stereocenters. The lowest BCUT2D eigenvalue weighted by molar-refractivity contribution is -0.00174. The smallest absolute Gasteiger partial charge is 0.278 e. The molecule has 0 aliphatic carbocycles. The number of aryl methyl sites for hydroxylation is 2. The number of aromatic nitrogens is 3. The lowest BCUT2D eigenvalue weighted by Gasteiger charge is -2.24. The summed E-state index contributed by atoms with van der Waals surface area (Å²) in [7, 11) is 0. The third-order valence-electron chi connectivity index (χ3n) is 4.82. The van der Waals surface area contributed by atoms with Crippen molar-refractivity contribution in [1.29, 1.82) is 0 Å². The van der Waals surface area contributed by atoms with Crippen molar-refractivity contribution < 1.29 is 13.9 Å². The minimum atomic E-state index is -0.316. The van der Waals surface area contributed by atoms with Gasteiger partial charge in [0.2, 0.25) is 0 Å². The highest BCUT2D eigenvalue weighted by Gasteiger charge is 2.27. The molecule has 0 spiro atoms. The molecule has 0 fully saturated rings. The SMILES string of the molecule is Cc1ccc(NC(=O)c2nnn3c2CO[C@H](c2ccc(F)cc2)C3)cc1C. The van der Waals surface area contributed by atoms with Crippen molar-refractivity contribution in [1.82, 2.24) is 15.0 Å². The first-order valence-electron chi connectivity index (χ1n) is 8.69. The van der Waals surface area contributed by atoms with E-state index in [0.29, 0.717) is 17.9 Å². The third-order valence-corrected chi connectivity index (χ3v) is 4.82. The number of rotatable bonds is 3. The van der Waals surface area contributed by atoms with Crippen molar-refractivity contribution in [3.8, 4) is 0 Å². The number of anilines is 1. The molecule has 138 valence electrons. The molecule has 27 heavy (non-hydrogen) atoms. The molecule has 1 N–H and O–H groups in total. The summed E-state index contributed by atoms with van der Waals surface area (Å²) in [5.74, 6) is -0.607. The van der Waals surface area contributed by atoms with Crippen LogP contribution in [0.1, 0.15) is 39.0 Å². The lowest BCUT2D eigenvalue weighted by Crippen LogP contribution is -2.24. The van der Waals surface area contributed by atoms with Crippen LogP contribution in [0.2, 0.25) is 0 Å². The Labute approximate surface area is 156 Å². The van der Waals surface area contributed by atoms with Gasteiger partial charge < -0.3 is 10.1 Å². The van der Waals surface area contributed by atoms with Crippen molar-refractivity contribution in [3.63, 3.8) is 0 Å². The number of hydrogen-bond acceptors (Lipinski definition) is 4. The van der Waals surface area contributed by atoms with Crippen LogP contribution in [0.4, 0.5) is 10.1 Å². The molecule has 7 heteroatoms. The molecule has 4 rings (SSSR count). The molecule has 1 aromatic heterocycles. The second-order valence-corrected chi connectivity index (χ2v) is 6.67. The minimum Gasteiger partial charge on any atom is -0.365 e. The van der Waals surface area contributed by atoms with Crippen LogP contribution in [0, 0.1) is 19.7 Å². The number of amides is 1. The maximum atomic E-state index is 13.1. The van der Waals surface area contributed by atoms with Crippen LogP contribution in [0.5, 0.6) is 0 Å². The Morgan fingerprint density at radius 1 is 1.19 bits per heavy atom. The highest BCUT2D eigenvalue weighted by Crippen LogP contribution is 2.27. The Morgan fingerprint density at radius 2 is 1.96 bits per heavy atom. The van der Waals surface area contributed by atoms with Crippen molar-refractivity contribution in [2.24, 2.45) is 0 Å². The summed E-state index contributed by atoms with van der Waals surface area (Å²) in [5, 5.41) is 11.0. The Balaban J connectivity index is 1.51. The number of nitrogens with one attached hydrogen (secondary N) is 1. The van der Waals surface area contributed by atoms with Gasteiger partial charge in [0.05, 0.1) is 18.8 Å². The number of hydrogen-bond donors (Lipinski definition) is 1. The molecular formula is C20H19FN4O2. The van der Waals surface area contributed by atoms with Crippen LogP contribution in [-0.2, 0) is 17.9 Å². The summed E-state index contributed by atoms with van der Waals surface area (Å²) in [6, 6.07) is 11.9. The van der Waals surface area contributed by atoms with Crippen LogP contribution >= 0.6 is 0 Å². The molecule has 2 heterocycles. The van der Waals surface area contributed by atoms with E-state index in [1.165, 1.54) is 12.1 Å². The van der Waals surface area contributed by atoms with Crippen LogP contribution < -0.4 is 5.32 Å². The molecule has 2 aromatic carbocycles. The first-order chi connectivity index (χ1) is 13.0. The first kappa shape index (κ1) is 17.4. The highest BCUT2D eigenvalue weighted by atomic mass is 19.1. The van der Waals surface area contributed by atoms with Gasteiger partial charge >= 0.3 is 0 Å². The average molecular weight is 366 g/mol. The quantitative estimate of drug-likeness (QED) is 0.770. The molecule has 0 saturated carbocycles. The van der Waals surface area contributed by atoms with E-state index in [0.717, 1.165) is 16.7 Å². The second kappa shape index (κ2) is 6.92. The van der Waals surface area contributed by atoms with E-state index in [1.807, 2.05) is 32.0 Å². The first-order valence-corrected chi connectivity index (χ1v) is 8.69. The Kier molecular flexibility index (Phi) is 4.45. The number of carbonyl (C=O) groups is 1. The van der Waals surface area contributed by atoms with E-state index in [4.69, 9.17) is 4.74 Å². The molecule has 0 saturated heterocycles. The molecule has 6 nitrogen and oxygen atoms in total. The zero-order chi connectivity index (χ0) is 19.0. The van der Waals surface area contributed by atoms with Gasteiger partial charge in [-0.25, -0.2) is 9.07 Å². The Bertz CT molecular complexity index is 998. The third kappa shape index (κ3) is 3.46. The number of ether oxygens (including phenoxy) is 1. The largest absolute Gasteiger partial charge is 0.365 e. The van der Waals surface area contributed by atoms with E-state index in [9.17, 15) is 9.18 Å². The topological polar surface area (TPSA) is 69.0 Å². The van der Waals surface area contributed by atoms with Gasteiger partial charge in [0.15, 0.2) is 5.69 Å². The van der Waals surface area contributed by atoms with Crippen molar-refractivity contribution in [2.45, 2.75) is 33.1 Å². The maximum Gasteiger partial charge on any atom is 0.278 e. The molecular weight excluding hydrogens is 347 g/mol. The van der Waals surface area contributed by atoms with Crippen molar-refractivity contribution >= 4 is 11.6 Å². The Hall–Kier alpha value is -3.06. The zero-order valence-corrected chi connectivity index (χ0v) is 15.1. The van der Waals surface area contributed by atoms with Gasteiger partial charge in [0, 0.05) is 5.69 Å². The van der Waals surface area contributed by atoms with E-state index < -0.39 is 0 Å². The molecule has 0 bridgehead atoms. The number of fused-ring (bicyclic) bond motifs is 1. The summed E-state index contributed by atoms with van der Waals surface area (Å²) >= 11 is 0. The van der Waals surface area contributed by atoms with Crippen LogP contribution in [0.3, 0.4) is 0 Å². The number of nitrogens with zero attached hydrogens (tertiary/aromatic N) is 3. The number of carbonyl (C=O) groups excluding carboxylic acids is 1. The molecule has 1 aliphatic heterocycles. The minimum absolute atomic E-state index is 0.213. The van der Waals surface area contributed by atoms with E-state index in [-0.39, 0.29) is 30.1 Å². The maximum absolute atomic E-state index is 13.1. The number of halogens is 1. The summed E-state index contributed by atoms with van der Waals surface area (Å²) in [4.78, 5) is 12.6. The molecule has 0 radical (unpaired) electrons. The van der Waals surface area contributed by atoms with Crippen molar-refractivity contribution in [2.75, 3.05) is 5.32 Å². The van der Waals surface area contributed by atoms with Crippen LogP contribution in [0.15, 0.2) is 42.5 Å². The van der Waals surface area contributed by atoms with Crippen molar-refractivity contribution in [3.05, 3.63) is 76.4 Å². The Morgan fingerprint density at radius 3 is 2.70 bits per heavy atom. The van der Waals surface area contributed by atoms with Gasteiger partial charge in [0.1, 0.15) is 11.9 Å². The van der Waals surface area contributed by atoms with E-state index in [2.05, 4.69) is 15.6 Å². The summed E-state index contributed by atoms with van der Waals surface area (Å²) in [6.45, 7) is 4.65. The van der Waals surface area contributed by atoms with E-state index in [1.54, 1.807) is 16.8 Å². The zero-order valence-electron chi connectivity index (χ0n) is 15.1.